The molecule has 2 aromatic rings. The first-order valence-corrected chi connectivity index (χ1v) is 7.94. The van der Waals surface area contributed by atoms with Crippen LogP contribution in [0, 0.1) is 6.92 Å². The van der Waals surface area contributed by atoms with Gasteiger partial charge in [-0.05, 0) is 19.8 Å². The van der Waals surface area contributed by atoms with E-state index in [-0.39, 0.29) is 5.91 Å². The third-order valence-electron chi connectivity index (χ3n) is 4.20. The SMILES string of the molecule is Cc1nc(-c2ccccc2)ncc1C(=O)NC1CCCCC1. The molecule has 0 saturated heterocycles. The van der Waals surface area contributed by atoms with Crippen LogP contribution in [0.1, 0.15) is 48.2 Å². The van der Waals surface area contributed by atoms with Crippen molar-refractivity contribution in [2.75, 3.05) is 0 Å². The van der Waals surface area contributed by atoms with Crippen LogP contribution in [-0.2, 0) is 0 Å². The van der Waals surface area contributed by atoms with Crippen LogP contribution in [0.4, 0.5) is 0 Å². The fourth-order valence-electron chi connectivity index (χ4n) is 2.93. The molecule has 0 unspecified atom stereocenters. The molecular weight excluding hydrogens is 274 g/mol. The molecule has 1 aliphatic carbocycles. The fraction of sp³-hybridized carbons (Fsp3) is 0.389. The van der Waals surface area contributed by atoms with Crippen LogP contribution in [0.3, 0.4) is 0 Å². The maximum Gasteiger partial charge on any atom is 0.254 e. The molecule has 1 aromatic heterocycles. The van der Waals surface area contributed by atoms with Crippen molar-refractivity contribution in [1.29, 1.82) is 0 Å². The predicted octanol–water partition coefficient (Wildman–Crippen LogP) is 3.51. The van der Waals surface area contributed by atoms with Crippen LogP contribution in [-0.4, -0.2) is 21.9 Å². The third kappa shape index (κ3) is 3.32. The highest BCUT2D eigenvalue weighted by atomic mass is 16.1. The molecule has 0 spiro atoms. The molecule has 4 nitrogen and oxygen atoms in total. The van der Waals surface area contributed by atoms with Crippen LogP contribution >= 0.6 is 0 Å². The van der Waals surface area contributed by atoms with E-state index in [0.717, 1.165) is 24.1 Å². The second-order valence-corrected chi connectivity index (χ2v) is 5.87. The van der Waals surface area contributed by atoms with Crippen molar-refractivity contribution in [3.8, 4) is 11.4 Å². The van der Waals surface area contributed by atoms with E-state index in [1.54, 1.807) is 6.20 Å². The first kappa shape index (κ1) is 14.7. The Hall–Kier alpha value is -2.23. The second-order valence-electron chi connectivity index (χ2n) is 5.87. The molecule has 3 rings (SSSR count). The summed E-state index contributed by atoms with van der Waals surface area (Å²) in [6.07, 6.45) is 7.48. The average Bonchev–Trinajstić information content (AvgIpc) is 2.56. The van der Waals surface area contributed by atoms with Gasteiger partial charge in [-0.25, -0.2) is 9.97 Å². The third-order valence-corrected chi connectivity index (χ3v) is 4.20. The molecule has 0 radical (unpaired) electrons. The zero-order valence-corrected chi connectivity index (χ0v) is 12.9. The first-order chi connectivity index (χ1) is 10.7. The van der Waals surface area contributed by atoms with E-state index in [1.165, 1.54) is 19.3 Å². The second kappa shape index (κ2) is 6.69. The molecule has 1 fully saturated rings. The highest BCUT2D eigenvalue weighted by Crippen LogP contribution is 2.19. The van der Waals surface area contributed by atoms with Crippen molar-refractivity contribution >= 4 is 5.91 Å². The van der Waals surface area contributed by atoms with Crippen molar-refractivity contribution in [2.24, 2.45) is 0 Å². The van der Waals surface area contributed by atoms with Crippen molar-refractivity contribution < 1.29 is 4.79 Å². The number of benzene rings is 1. The molecule has 1 aromatic carbocycles. The maximum atomic E-state index is 12.4. The molecule has 1 saturated carbocycles. The summed E-state index contributed by atoms with van der Waals surface area (Å²) in [5, 5.41) is 3.12. The van der Waals surface area contributed by atoms with Gasteiger partial charge in [0.05, 0.1) is 11.3 Å². The number of carbonyl (C=O) groups excluding carboxylic acids is 1. The Morgan fingerprint density at radius 3 is 2.55 bits per heavy atom. The number of aryl methyl sites for hydroxylation is 1. The highest BCUT2D eigenvalue weighted by Gasteiger charge is 2.18. The highest BCUT2D eigenvalue weighted by molar-refractivity contribution is 5.95. The van der Waals surface area contributed by atoms with Gasteiger partial charge in [-0.1, -0.05) is 49.6 Å². The summed E-state index contributed by atoms with van der Waals surface area (Å²) < 4.78 is 0. The van der Waals surface area contributed by atoms with Crippen LogP contribution < -0.4 is 5.32 Å². The standard InChI is InChI=1S/C18H21N3O/c1-13-16(18(22)21-15-10-6-3-7-11-15)12-19-17(20-13)14-8-4-2-5-9-14/h2,4-5,8-9,12,15H,3,6-7,10-11H2,1H3,(H,21,22). The molecule has 1 aliphatic rings. The van der Waals surface area contributed by atoms with Crippen LogP contribution in [0.25, 0.3) is 11.4 Å². The van der Waals surface area contributed by atoms with Gasteiger partial charge in [-0.15, -0.1) is 0 Å². The van der Waals surface area contributed by atoms with Gasteiger partial charge in [0.15, 0.2) is 5.82 Å². The molecule has 0 atom stereocenters. The Morgan fingerprint density at radius 1 is 1.14 bits per heavy atom. The van der Waals surface area contributed by atoms with Crippen molar-refractivity contribution in [2.45, 2.75) is 45.1 Å². The minimum Gasteiger partial charge on any atom is -0.349 e. The molecule has 22 heavy (non-hydrogen) atoms. The monoisotopic (exact) mass is 295 g/mol. The van der Waals surface area contributed by atoms with E-state index in [9.17, 15) is 4.79 Å². The fourth-order valence-corrected chi connectivity index (χ4v) is 2.93. The van der Waals surface area contributed by atoms with Gasteiger partial charge >= 0.3 is 0 Å². The Balaban J connectivity index is 1.75. The van der Waals surface area contributed by atoms with E-state index in [4.69, 9.17) is 0 Å². The van der Waals surface area contributed by atoms with Crippen LogP contribution in [0.15, 0.2) is 36.5 Å². The van der Waals surface area contributed by atoms with Crippen LogP contribution in [0.2, 0.25) is 0 Å². The number of carbonyl (C=O) groups is 1. The van der Waals surface area contributed by atoms with Crippen LogP contribution in [0.5, 0.6) is 0 Å². The molecular formula is C18H21N3O. The average molecular weight is 295 g/mol. The zero-order chi connectivity index (χ0) is 15.4. The van der Waals surface area contributed by atoms with E-state index in [2.05, 4.69) is 15.3 Å². The van der Waals surface area contributed by atoms with E-state index in [1.807, 2.05) is 37.3 Å². The lowest BCUT2D eigenvalue weighted by Crippen LogP contribution is -2.36. The molecule has 114 valence electrons. The largest absolute Gasteiger partial charge is 0.349 e. The van der Waals surface area contributed by atoms with Gasteiger partial charge < -0.3 is 5.32 Å². The normalized spacial score (nSPS) is 15.5. The number of nitrogens with one attached hydrogen (secondary N) is 1. The van der Waals surface area contributed by atoms with Crippen molar-refractivity contribution in [3.05, 3.63) is 47.8 Å². The summed E-state index contributed by atoms with van der Waals surface area (Å²) in [7, 11) is 0. The number of hydrogen-bond acceptors (Lipinski definition) is 3. The van der Waals surface area contributed by atoms with Crippen molar-refractivity contribution in [1.82, 2.24) is 15.3 Å². The molecule has 1 heterocycles. The summed E-state index contributed by atoms with van der Waals surface area (Å²) in [4.78, 5) is 21.2. The van der Waals surface area contributed by atoms with Gasteiger partial charge in [0.25, 0.3) is 5.91 Å². The zero-order valence-electron chi connectivity index (χ0n) is 12.9. The Kier molecular flexibility index (Phi) is 4.47. The minimum atomic E-state index is -0.0518. The van der Waals surface area contributed by atoms with E-state index in [0.29, 0.717) is 17.4 Å². The molecule has 4 heteroatoms. The number of rotatable bonds is 3. The van der Waals surface area contributed by atoms with Gasteiger partial charge in [0.2, 0.25) is 0 Å². The number of nitrogens with zero attached hydrogens (tertiary/aromatic N) is 2. The maximum absolute atomic E-state index is 12.4. The Labute approximate surface area is 131 Å². The lowest BCUT2D eigenvalue weighted by Gasteiger charge is -2.22. The molecule has 0 bridgehead atoms. The molecule has 0 aliphatic heterocycles. The Bertz CT molecular complexity index is 649. The quantitative estimate of drug-likeness (QED) is 0.942. The molecule has 1 N–H and O–H groups in total. The summed E-state index contributed by atoms with van der Waals surface area (Å²) >= 11 is 0. The summed E-state index contributed by atoms with van der Waals surface area (Å²) in [6, 6.07) is 10.1. The van der Waals surface area contributed by atoms with Gasteiger partial charge in [0, 0.05) is 17.8 Å². The minimum absolute atomic E-state index is 0.0518. The number of hydrogen-bond donors (Lipinski definition) is 1. The van der Waals surface area contributed by atoms with Gasteiger partial charge in [-0.3, -0.25) is 4.79 Å². The summed E-state index contributed by atoms with van der Waals surface area (Å²) in [5.74, 6) is 0.608. The lowest BCUT2D eigenvalue weighted by molar-refractivity contribution is 0.0926. The summed E-state index contributed by atoms with van der Waals surface area (Å²) in [6.45, 7) is 1.86. The predicted molar refractivity (Wildman–Crippen MR) is 86.5 cm³/mol. The summed E-state index contributed by atoms with van der Waals surface area (Å²) in [5.41, 5.74) is 2.26. The van der Waals surface area contributed by atoms with Gasteiger partial charge in [0.1, 0.15) is 0 Å². The number of amides is 1. The smallest absolute Gasteiger partial charge is 0.254 e. The van der Waals surface area contributed by atoms with E-state index < -0.39 is 0 Å². The topological polar surface area (TPSA) is 54.9 Å². The number of aromatic nitrogens is 2. The Morgan fingerprint density at radius 2 is 1.86 bits per heavy atom. The van der Waals surface area contributed by atoms with E-state index >= 15 is 0 Å². The molecule has 1 amide bonds. The lowest BCUT2D eigenvalue weighted by atomic mass is 9.95. The first-order valence-electron chi connectivity index (χ1n) is 7.94. The van der Waals surface area contributed by atoms with Gasteiger partial charge in [-0.2, -0.15) is 0 Å². The van der Waals surface area contributed by atoms with Crippen molar-refractivity contribution in [3.63, 3.8) is 0 Å².